The Morgan fingerprint density at radius 3 is 2.25 bits per heavy atom. The van der Waals surface area contributed by atoms with Gasteiger partial charge in [-0.25, -0.2) is 4.39 Å². The van der Waals surface area contributed by atoms with E-state index in [4.69, 9.17) is 16.4 Å². The number of benzene rings is 2. The minimum atomic E-state index is -4.55. The SMILES string of the molecule is CC(C)C(=NOc1ccc(F)cc1)c1cc(Cl)ccc1C(F)(F)F. The van der Waals surface area contributed by atoms with Crippen molar-refractivity contribution in [2.24, 2.45) is 11.1 Å². The lowest BCUT2D eigenvalue weighted by Crippen LogP contribution is -2.18. The lowest BCUT2D eigenvalue weighted by atomic mass is 9.95. The molecular weight excluding hydrogens is 346 g/mol. The normalized spacial score (nSPS) is 12.6. The van der Waals surface area contributed by atoms with Gasteiger partial charge >= 0.3 is 6.18 Å². The van der Waals surface area contributed by atoms with Crippen molar-refractivity contribution in [2.75, 3.05) is 0 Å². The smallest absolute Gasteiger partial charge is 0.357 e. The van der Waals surface area contributed by atoms with E-state index in [-0.39, 0.29) is 28.0 Å². The van der Waals surface area contributed by atoms with E-state index in [0.29, 0.717) is 0 Å². The molecule has 0 N–H and O–H groups in total. The van der Waals surface area contributed by atoms with Crippen LogP contribution >= 0.6 is 11.6 Å². The Hall–Kier alpha value is -2.08. The summed E-state index contributed by atoms with van der Waals surface area (Å²) >= 11 is 5.85. The van der Waals surface area contributed by atoms with Gasteiger partial charge in [0.15, 0.2) is 5.75 Å². The minimum Gasteiger partial charge on any atom is -0.357 e. The highest BCUT2D eigenvalue weighted by atomic mass is 35.5. The molecule has 0 heterocycles. The molecule has 24 heavy (non-hydrogen) atoms. The highest BCUT2D eigenvalue weighted by Gasteiger charge is 2.35. The van der Waals surface area contributed by atoms with Crippen LogP contribution < -0.4 is 4.84 Å². The summed E-state index contributed by atoms with van der Waals surface area (Å²) in [7, 11) is 0. The molecule has 2 aromatic carbocycles. The summed E-state index contributed by atoms with van der Waals surface area (Å²) in [5, 5.41) is 4.00. The average Bonchev–Trinajstić information content (AvgIpc) is 2.48. The monoisotopic (exact) mass is 359 g/mol. The Labute approximate surface area is 141 Å². The molecule has 0 aromatic heterocycles. The van der Waals surface area contributed by atoms with Gasteiger partial charge in [0.1, 0.15) is 5.82 Å². The van der Waals surface area contributed by atoms with Crippen molar-refractivity contribution >= 4 is 17.3 Å². The number of oxime groups is 1. The topological polar surface area (TPSA) is 21.6 Å². The Balaban J connectivity index is 2.46. The highest BCUT2D eigenvalue weighted by molar-refractivity contribution is 6.31. The molecule has 0 unspecified atom stereocenters. The van der Waals surface area contributed by atoms with Gasteiger partial charge in [0.2, 0.25) is 0 Å². The van der Waals surface area contributed by atoms with Crippen molar-refractivity contribution in [3.05, 3.63) is 64.4 Å². The van der Waals surface area contributed by atoms with Gasteiger partial charge in [-0.05, 0) is 48.4 Å². The Bertz CT molecular complexity index is 739. The van der Waals surface area contributed by atoms with Crippen LogP contribution in [0, 0.1) is 11.7 Å². The van der Waals surface area contributed by atoms with Crippen LogP contribution in [0.4, 0.5) is 17.6 Å². The van der Waals surface area contributed by atoms with Crippen molar-refractivity contribution in [1.29, 1.82) is 0 Å². The van der Waals surface area contributed by atoms with Gasteiger partial charge in [-0.1, -0.05) is 30.6 Å². The second-order valence-corrected chi connectivity index (χ2v) is 5.80. The summed E-state index contributed by atoms with van der Waals surface area (Å²) in [6.07, 6.45) is -4.55. The molecule has 0 spiro atoms. The highest BCUT2D eigenvalue weighted by Crippen LogP contribution is 2.34. The van der Waals surface area contributed by atoms with Crippen LogP contribution in [-0.2, 0) is 6.18 Å². The summed E-state index contributed by atoms with van der Waals surface area (Å²) < 4.78 is 52.6. The number of alkyl halides is 3. The fraction of sp³-hybridized carbons (Fsp3) is 0.235. The third-order valence-corrected chi connectivity index (χ3v) is 3.41. The second-order valence-electron chi connectivity index (χ2n) is 5.36. The Morgan fingerprint density at radius 2 is 1.71 bits per heavy atom. The van der Waals surface area contributed by atoms with Gasteiger partial charge in [0.05, 0.1) is 11.3 Å². The fourth-order valence-electron chi connectivity index (χ4n) is 2.04. The maximum Gasteiger partial charge on any atom is 0.417 e. The van der Waals surface area contributed by atoms with Crippen LogP contribution in [0.1, 0.15) is 25.0 Å². The lowest BCUT2D eigenvalue weighted by Gasteiger charge is -2.17. The number of hydrogen-bond acceptors (Lipinski definition) is 2. The van der Waals surface area contributed by atoms with E-state index in [9.17, 15) is 17.6 Å². The standard InChI is InChI=1S/C17H14ClF4NO/c1-10(2)16(23-24-13-6-4-12(19)5-7-13)14-9-11(18)3-8-15(14)17(20,21)22/h3-10H,1-2H3. The summed E-state index contributed by atoms with van der Waals surface area (Å²) in [5.41, 5.74) is -0.900. The Kier molecular flexibility index (Phi) is 5.49. The zero-order chi connectivity index (χ0) is 17.9. The molecule has 0 radical (unpaired) electrons. The van der Waals surface area contributed by atoms with E-state index in [1.807, 2.05) is 0 Å². The molecule has 0 atom stereocenters. The molecule has 0 saturated heterocycles. The number of rotatable bonds is 4. The molecule has 2 nitrogen and oxygen atoms in total. The molecule has 0 saturated carbocycles. The minimum absolute atomic E-state index is 0.0918. The molecule has 0 aliphatic carbocycles. The number of hydrogen-bond donors (Lipinski definition) is 0. The second kappa shape index (κ2) is 7.21. The Morgan fingerprint density at radius 1 is 1.08 bits per heavy atom. The molecule has 0 bridgehead atoms. The van der Waals surface area contributed by atoms with Gasteiger partial charge in [-0.15, -0.1) is 0 Å². The first kappa shape index (κ1) is 18.3. The summed E-state index contributed by atoms with van der Waals surface area (Å²) in [5.74, 6) is -0.597. The molecule has 0 aliphatic heterocycles. The summed E-state index contributed by atoms with van der Waals surface area (Å²) in [6.45, 7) is 3.38. The van der Waals surface area contributed by atoms with Gasteiger partial charge in [-0.3, -0.25) is 0 Å². The number of halogens is 5. The van der Waals surface area contributed by atoms with Crippen LogP contribution in [-0.4, -0.2) is 5.71 Å². The van der Waals surface area contributed by atoms with E-state index in [1.165, 1.54) is 36.4 Å². The molecule has 0 aliphatic rings. The van der Waals surface area contributed by atoms with Crippen LogP contribution in [0.25, 0.3) is 0 Å². The van der Waals surface area contributed by atoms with Crippen molar-refractivity contribution < 1.29 is 22.4 Å². The molecular formula is C17H14ClF4NO. The first-order valence-electron chi connectivity index (χ1n) is 7.06. The predicted molar refractivity (Wildman–Crippen MR) is 84.9 cm³/mol. The molecule has 0 fully saturated rings. The van der Waals surface area contributed by atoms with Crippen molar-refractivity contribution in [2.45, 2.75) is 20.0 Å². The van der Waals surface area contributed by atoms with Crippen LogP contribution in [0.15, 0.2) is 47.6 Å². The van der Waals surface area contributed by atoms with E-state index in [2.05, 4.69) is 5.16 Å². The third-order valence-electron chi connectivity index (χ3n) is 3.17. The first-order valence-corrected chi connectivity index (χ1v) is 7.44. The predicted octanol–water partition coefficient (Wildman–Crippen LogP) is 5.94. The average molecular weight is 360 g/mol. The first-order chi connectivity index (χ1) is 11.2. The quantitative estimate of drug-likeness (QED) is 0.376. The molecule has 0 amide bonds. The third kappa shape index (κ3) is 4.47. The maximum atomic E-state index is 13.2. The largest absolute Gasteiger partial charge is 0.417 e. The van der Waals surface area contributed by atoms with Gasteiger partial charge in [0, 0.05) is 10.6 Å². The van der Waals surface area contributed by atoms with Crippen molar-refractivity contribution in [1.82, 2.24) is 0 Å². The fourth-order valence-corrected chi connectivity index (χ4v) is 2.21. The van der Waals surface area contributed by atoms with Crippen molar-refractivity contribution in [3.63, 3.8) is 0 Å². The molecule has 2 rings (SSSR count). The van der Waals surface area contributed by atoms with Gasteiger partial charge in [-0.2, -0.15) is 13.2 Å². The summed E-state index contributed by atoms with van der Waals surface area (Å²) in [6, 6.07) is 8.29. The number of nitrogens with zero attached hydrogens (tertiary/aromatic N) is 1. The maximum absolute atomic E-state index is 13.2. The zero-order valence-electron chi connectivity index (χ0n) is 12.9. The van der Waals surface area contributed by atoms with Gasteiger partial charge < -0.3 is 4.84 Å². The van der Waals surface area contributed by atoms with E-state index in [0.717, 1.165) is 6.07 Å². The van der Waals surface area contributed by atoms with E-state index in [1.54, 1.807) is 13.8 Å². The summed E-state index contributed by atoms with van der Waals surface area (Å²) in [4.78, 5) is 5.16. The van der Waals surface area contributed by atoms with Crippen LogP contribution in [0.2, 0.25) is 5.02 Å². The van der Waals surface area contributed by atoms with Crippen molar-refractivity contribution in [3.8, 4) is 5.75 Å². The molecule has 7 heteroatoms. The van der Waals surface area contributed by atoms with E-state index < -0.39 is 17.6 Å². The van der Waals surface area contributed by atoms with Crippen LogP contribution in [0.3, 0.4) is 0 Å². The molecule has 128 valence electrons. The van der Waals surface area contributed by atoms with E-state index >= 15 is 0 Å². The molecule has 2 aromatic rings. The lowest BCUT2D eigenvalue weighted by molar-refractivity contribution is -0.137. The van der Waals surface area contributed by atoms with Gasteiger partial charge in [0.25, 0.3) is 0 Å². The zero-order valence-corrected chi connectivity index (χ0v) is 13.6. The van der Waals surface area contributed by atoms with Crippen LogP contribution in [0.5, 0.6) is 5.75 Å².